The normalized spacial score (nSPS) is 15.5. The number of fused-ring (bicyclic) bond motifs is 1. The van der Waals surface area contributed by atoms with Crippen LogP contribution in [0.15, 0.2) is 12.4 Å². The summed E-state index contributed by atoms with van der Waals surface area (Å²) in [4.78, 5) is 10.7. The number of hydrogen-bond acceptors (Lipinski definition) is 8. The number of ether oxygens (including phenoxy) is 1. The van der Waals surface area contributed by atoms with Crippen molar-refractivity contribution in [1.29, 1.82) is 5.26 Å². The van der Waals surface area contributed by atoms with Crippen molar-refractivity contribution >= 4 is 16.9 Å². The Morgan fingerprint density at radius 2 is 2.09 bits per heavy atom. The monoisotopic (exact) mass is 435 g/mol. The van der Waals surface area contributed by atoms with Crippen molar-refractivity contribution in [2.24, 2.45) is 0 Å². The number of aromatic nitrogens is 4. The van der Waals surface area contributed by atoms with Crippen molar-refractivity contribution in [3.05, 3.63) is 40.3 Å². The minimum atomic E-state index is -0.194. The molecule has 4 rings (SSSR count). The molecule has 1 aliphatic rings. The Kier molecular flexibility index (Phi) is 6.00. The molecular formula is C23H29N7O2. The fourth-order valence-corrected chi connectivity index (χ4v) is 4.65. The molecule has 3 heterocycles. The van der Waals surface area contributed by atoms with Crippen LogP contribution in [0.2, 0.25) is 0 Å². The number of anilines is 1. The Bertz CT molecular complexity index is 1190. The van der Waals surface area contributed by atoms with E-state index in [1.54, 1.807) is 0 Å². The molecule has 3 N–H and O–H groups in total. The summed E-state index contributed by atoms with van der Waals surface area (Å²) in [6, 6.07) is 4.23. The molecule has 3 aromatic rings. The molecule has 1 aromatic carbocycles. The van der Waals surface area contributed by atoms with Crippen LogP contribution in [0.1, 0.15) is 53.8 Å². The summed E-state index contributed by atoms with van der Waals surface area (Å²) < 4.78 is 8.04. The van der Waals surface area contributed by atoms with Crippen LogP contribution in [-0.4, -0.2) is 62.6 Å². The molecule has 0 amide bonds. The molecule has 1 fully saturated rings. The Hall–Kier alpha value is -3.22. The van der Waals surface area contributed by atoms with E-state index in [0.717, 1.165) is 46.6 Å². The smallest absolute Gasteiger partial charge is 0.164 e. The van der Waals surface area contributed by atoms with Crippen LogP contribution in [0.4, 0.5) is 5.82 Å². The van der Waals surface area contributed by atoms with E-state index >= 15 is 0 Å². The number of nitrogens with zero attached hydrogens (tertiary/aromatic N) is 6. The third-order valence-corrected chi connectivity index (χ3v) is 6.23. The van der Waals surface area contributed by atoms with Crippen molar-refractivity contribution in [2.45, 2.75) is 39.7 Å². The van der Waals surface area contributed by atoms with Crippen LogP contribution in [0.25, 0.3) is 11.0 Å². The fraction of sp³-hybridized carbons (Fsp3) is 0.478. The number of rotatable bonds is 7. The number of benzene rings is 1. The summed E-state index contributed by atoms with van der Waals surface area (Å²) in [5.41, 5.74) is 11.0. The van der Waals surface area contributed by atoms with Gasteiger partial charge in [-0.3, -0.25) is 4.90 Å². The van der Waals surface area contributed by atoms with Crippen LogP contribution >= 0.6 is 0 Å². The highest BCUT2D eigenvalue weighted by Crippen LogP contribution is 2.43. The van der Waals surface area contributed by atoms with Crippen molar-refractivity contribution in [1.82, 2.24) is 24.6 Å². The molecule has 1 atom stereocenters. The van der Waals surface area contributed by atoms with Gasteiger partial charge in [0, 0.05) is 36.7 Å². The summed E-state index contributed by atoms with van der Waals surface area (Å²) in [6.07, 6.45) is 1.45. The highest BCUT2D eigenvalue weighted by molar-refractivity contribution is 5.88. The van der Waals surface area contributed by atoms with Gasteiger partial charge in [0.2, 0.25) is 0 Å². The molecule has 168 valence electrons. The van der Waals surface area contributed by atoms with Gasteiger partial charge in [-0.1, -0.05) is 0 Å². The predicted octanol–water partition coefficient (Wildman–Crippen LogP) is 2.30. The van der Waals surface area contributed by atoms with Crippen LogP contribution in [0.5, 0.6) is 5.75 Å². The van der Waals surface area contributed by atoms with Crippen molar-refractivity contribution in [2.75, 3.05) is 38.6 Å². The number of nitriles is 1. The van der Waals surface area contributed by atoms with Crippen molar-refractivity contribution in [3.8, 4) is 11.8 Å². The van der Waals surface area contributed by atoms with E-state index < -0.39 is 0 Å². The maximum atomic E-state index is 9.94. The van der Waals surface area contributed by atoms with Crippen LogP contribution in [0.3, 0.4) is 0 Å². The van der Waals surface area contributed by atoms with E-state index in [-0.39, 0.29) is 18.6 Å². The maximum Gasteiger partial charge on any atom is 0.164 e. The average Bonchev–Trinajstić information content (AvgIpc) is 3.08. The number of likely N-dealkylation sites (tertiary alicyclic amines) is 1. The molecule has 0 radical (unpaired) electrons. The third kappa shape index (κ3) is 3.55. The molecule has 0 bridgehead atoms. The molecule has 0 spiro atoms. The van der Waals surface area contributed by atoms with Gasteiger partial charge in [-0.25, -0.2) is 14.6 Å². The van der Waals surface area contributed by atoms with Crippen molar-refractivity contribution in [3.63, 3.8) is 0 Å². The van der Waals surface area contributed by atoms with E-state index in [0.29, 0.717) is 30.2 Å². The highest BCUT2D eigenvalue weighted by Gasteiger charge is 2.35. The van der Waals surface area contributed by atoms with E-state index in [2.05, 4.69) is 27.9 Å². The molecule has 32 heavy (non-hydrogen) atoms. The van der Waals surface area contributed by atoms with E-state index in [1.165, 1.54) is 6.33 Å². The fourth-order valence-electron chi connectivity index (χ4n) is 4.65. The minimum Gasteiger partial charge on any atom is -0.493 e. The molecule has 0 saturated carbocycles. The summed E-state index contributed by atoms with van der Waals surface area (Å²) in [5, 5.41) is 24.7. The highest BCUT2D eigenvalue weighted by atomic mass is 16.5. The van der Waals surface area contributed by atoms with Gasteiger partial charge >= 0.3 is 0 Å². The average molecular weight is 436 g/mol. The molecule has 1 aliphatic heterocycles. The first kappa shape index (κ1) is 22.0. The molecule has 2 aromatic heterocycles. The summed E-state index contributed by atoms with van der Waals surface area (Å²) >= 11 is 0. The lowest BCUT2D eigenvalue weighted by Gasteiger charge is -2.40. The second-order valence-electron chi connectivity index (χ2n) is 8.29. The Morgan fingerprint density at radius 3 is 2.75 bits per heavy atom. The second-order valence-corrected chi connectivity index (χ2v) is 8.29. The first-order chi connectivity index (χ1) is 15.4. The number of aliphatic hydroxyl groups is 1. The van der Waals surface area contributed by atoms with Gasteiger partial charge in [0.05, 0.1) is 42.0 Å². The van der Waals surface area contributed by atoms with E-state index in [4.69, 9.17) is 15.6 Å². The zero-order valence-corrected chi connectivity index (χ0v) is 19.0. The van der Waals surface area contributed by atoms with Crippen LogP contribution in [-0.2, 0) is 0 Å². The van der Waals surface area contributed by atoms with Crippen LogP contribution < -0.4 is 10.5 Å². The minimum absolute atomic E-state index is 0.128. The lowest BCUT2D eigenvalue weighted by atomic mass is 9.83. The number of aryl methyl sites for hydroxylation is 2. The number of nitrogen functional groups attached to an aromatic ring is 1. The van der Waals surface area contributed by atoms with Gasteiger partial charge in [-0.15, -0.1) is 0 Å². The first-order valence-electron chi connectivity index (χ1n) is 10.9. The van der Waals surface area contributed by atoms with Gasteiger partial charge in [-0.05, 0) is 39.3 Å². The SMILES string of the molecule is CCOc1c(C(C)n2nc(C)c3c(N)ncnc32)cc(C)c(C#N)c1C1CN(CCO)C1. The molecular weight excluding hydrogens is 406 g/mol. The quantitative estimate of drug-likeness (QED) is 0.579. The van der Waals surface area contributed by atoms with Gasteiger partial charge < -0.3 is 15.6 Å². The molecule has 9 nitrogen and oxygen atoms in total. The standard InChI is InChI=1S/C23H29N7O2/c1-5-32-21-17(15(4)30-23-19(14(3)28-30)22(25)26-12-27-23)8-13(2)18(9-24)20(21)16-10-29(11-16)6-7-31/h8,12,15-16,31H,5-7,10-11H2,1-4H3,(H2,25,26,27). The lowest BCUT2D eigenvalue weighted by molar-refractivity contribution is 0.113. The summed E-state index contributed by atoms with van der Waals surface area (Å²) in [7, 11) is 0. The maximum absolute atomic E-state index is 9.94. The Labute approximate surface area is 187 Å². The largest absolute Gasteiger partial charge is 0.493 e. The van der Waals surface area contributed by atoms with Crippen molar-refractivity contribution < 1.29 is 9.84 Å². The Balaban J connectivity index is 1.86. The Morgan fingerprint density at radius 1 is 1.34 bits per heavy atom. The molecule has 1 saturated heterocycles. The zero-order valence-electron chi connectivity index (χ0n) is 19.0. The predicted molar refractivity (Wildman–Crippen MR) is 122 cm³/mol. The van der Waals surface area contributed by atoms with Gasteiger partial charge in [-0.2, -0.15) is 10.4 Å². The second kappa shape index (κ2) is 8.73. The van der Waals surface area contributed by atoms with E-state index in [9.17, 15) is 10.4 Å². The number of aliphatic hydroxyl groups excluding tert-OH is 1. The number of hydrogen-bond donors (Lipinski definition) is 2. The number of nitrogens with two attached hydrogens (primary N) is 1. The first-order valence-corrected chi connectivity index (χ1v) is 10.9. The lowest BCUT2D eigenvalue weighted by Crippen LogP contribution is -2.46. The van der Waals surface area contributed by atoms with E-state index in [1.807, 2.05) is 31.5 Å². The molecule has 9 heteroatoms. The van der Waals surface area contributed by atoms with Gasteiger partial charge in [0.25, 0.3) is 0 Å². The summed E-state index contributed by atoms with van der Waals surface area (Å²) in [6.45, 7) is 10.7. The number of β-amino-alcohol motifs (C(OH)–C–C–N with tert-alkyl or cyclic N) is 1. The molecule has 1 unspecified atom stereocenters. The third-order valence-electron chi connectivity index (χ3n) is 6.23. The van der Waals surface area contributed by atoms with Gasteiger partial charge in [0.1, 0.15) is 17.9 Å². The zero-order chi connectivity index (χ0) is 23.0. The van der Waals surface area contributed by atoms with Crippen LogP contribution in [0, 0.1) is 25.2 Å². The topological polar surface area (TPSA) is 126 Å². The summed E-state index contributed by atoms with van der Waals surface area (Å²) in [5.74, 6) is 1.34. The van der Waals surface area contributed by atoms with Gasteiger partial charge in [0.15, 0.2) is 5.65 Å². The molecule has 0 aliphatic carbocycles.